The van der Waals surface area contributed by atoms with E-state index in [4.69, 9.17) is 0 Å². The molecule has 1 saturated carbocycles. The summed E-state index contributed by atoms with van der Waals surface area (Å²) in [5, 5.41) is 13.0. The molecule has 1 aliphatic rings. The van der Waals surface area contributed by atoms with Crippen molar-refractivity contribution >= 4 is 5.91 Å². The van der Waals surface area contributed by atoms with Crippen LogP contribution in [0.25, 0.3) is 0 Å². The first-order valence-electron chi connectivity index (χ1n) is 7.88. The molecule has 2 N–H and O–H groups in total. The van der Waals surface area contributed by atoms with Gasteiger partial charge in [0.15, 0.2) is 0 Å². The van der Waals surface area contributed by atoms with Crippen LogP contribution in [0.1, 0.15) is 59.7 Å². The molecule has 1 aromatic carbocycles. The second-order valence-electron chi connectivity index (χ2n) is 6.87. The molecule has 0 aliphatic heterocycles. The van der Waals surface area contributed by atoms with E-state index in [1.165, 1.54) is 12.0 Å². The van der Waals surface area contributed by atoms with Crippen LogP contribution in [-0.2, 0) is 0 Å². The highest BCUT2D eigenvalue weighted by Gasteiger charge is 2.36. The number of carbonyl (C=O) groups excluding carboxylic acids is 1. The number of hydrogen-bond acceptors (Lipinski definition) is 2. The molecule has 21 heavy (non-hydrogen) atoms. The first-order chi connectivity index (χ1) is 9.87. The molecule has 1 aliphatic carbocycles. The third kappa shape index (κ3) is 3.46. The van der Waals surface area contributed by atoms with Crippen molar-refractivity contribution in [3.05, 3.63) is 34.4 Å². The Bertz CT molecular complexity index is 515. The fourth-order valence-electron chi connectivity index (χ4n) is 3.80. The fourth-order valence-corrected chi connectivity index (χ4v) is 3.80. The van der Waals surface area contributed by atoms with E-state index < -0.39 is 5.54 Å². The number of nitrogens with one attached hydrogen (secondary N) is 1. The van der Waals surface area contributed by atoms with Gasteiger partial charge in [-0.25, -0.2) is 0 Å². The molecule has 1 aromatic rings. The minimum Gasteiger partial charge on any atom is -0.394 e. The van der Waals surface area contributed by atoms with E-state index in [-0.39, 0.29) is 12.5 Å². The maximum absolute atomic E-state index is 12.7. The molecule has 0 spiro atoms. The lowest BCUT2D eigenvalue weighted by atomic mass is 9.76. The van der Waals surface area contributed by atoms with Crippen LogP contribution in [0.2, 0.25) is 0 Å². The van der Waals surface area contributed by atoms with Crippen molar-refractivity contribution in [3.8, 4) is 0 Å². The van der Waals surface area contributed by atoms with Gasteiger partial charge < -0.3 is 10.4 Å². The van der Waals surface area contributed by atoms with E-state index in [0.717, 1.165) is 36.0 Å². The normalized spacial score (nSPS) is 25.7. The summed E-state index contributed by atoms with van der Waals surface area (Å²) in [4.78, 5) is 12.7. The van der Waals surface area contributed by atoms with Gasteiger partial charge in [0.05, 0.1) is 12.1 Å². The van der Waals surface area contributed by atoms with Crippen LogP contribution in [0, 0.1) is 26.7 Å². The average molecular weight is 289 g/mol. The van der Waals surface area contributed by atoms with Crippen LogP contribution in [0.4, 0.5) is 0 Å². The molecule has 2 rings (SSSR count). The Morgan fingerprint density at radius 3 is 2.48 bits per heavy atom. The monoisotopic (exact) mass is 289 g/mol. The van der Waals surface area contributed by atoms with E-state index in [1.807, 2.05) is 32.9 Å². The zero-order valence-corrected chi connectivity index (χ0v) is 13.6. The molecule has 0 aromatic heterocycles. The van der Waals surface area contributed by atoms with Crippen molar-refractivity contribution in [1.82, 2.24) is 5.32 Å². The van der Waals surface area contributed by atoms with Crippen molar-refractivity contribution in [2.75, 3.05) is 6.61 Å². The smallest absolute Gasteiger partial charge is 0.252 e. The van der Waals surface area contributed by atoms with Crippen molar-refractivity contribution in [3.63, 3.8) is 0 Å². The molecule has 0 bridgehead atoms. The average Bonchev–Trinajstić information content (AvgIpc) is 2.37. The maximum atomic E-state index is 12.7. The van der Waals surface area contributed by atoms with Gasteiger partial charge in [-0.3, -0.25) is 4.79 Å². The minimum atomic E-state index is -0.446. The molecule has 1 fully saturated rings. The van der Waals surface area contributed by atoms with Gasteiger partial charge in [0.1, 0.15) is 0 Å². The maximum Gasteiger partial charge on any atom is 0.252 e. The van der Waals surface area contributed by atoms with Gasteiger partial charge in [0.25, 0.3) is 5.91 Å². The fraction of sp³-hybridized carbons (Fsp3) is 0.611. The SMILES string of the molecule is Cc1cc(C)c(C(=O)NC2(CO)CCCC(C)C2)c(C)c1. The zero-order valence-electron chi connectivity index (χ0n) is 13.6. The molecule has 0 radical (unpaired) electrons. The summed E-state index contributed by atoms with van der Waals surface area (Å²) >= 11 is 0. The quantitative estimate of drug-likeness (QED) is 0.897. The number of benzene rings is 1. The van der Waals surface area contributed by atoms with Crippen molar-refractivity contribution in [1.29, 1.82) is 0 Å². The van der Waals surface area contributed by atoms with E-state index >= 15 is 0 Å². The number of aryl methyl sites for hydroxylation is 3. The summed E-state index contributed by atoms with van der Waals surface area (Å²) in [7, 11) is 0. The standard InChI is InChI=1S/C18H27NO2/c1-12-6-5-7-18(10-12,11-20)19-17(21)16-14(3)8-13(2)9-15(16)4/h8-9,12,20H,5-7,10-11H2,1-4H3,(H,19,21). The lowest BCUT2D eigenvalue weighted by Crippen LogP contribution is -2.54. The Labute approximate surface area is 127 Å². The molecule has 0 heterocycles. The molecule has 2 atom stereocenters. The number of aliphatic hydroxyl groups excluding tert-OH is 1. The molecule has 0 saturated heterocycles. The van der Waals surface area contributed by atoms with Gasteiger partial charge in [-0.05, 0) is 50.7 Å². The Hall–Kier alpha value is -1.35. The highest BCUT2D eigenvalue weighted by atomic mass is 16.3. The first-order valence-corrected chi connectivity index (χ1v) is 7.88. The summed E-state index contributed by atoms with van der Waals surface area (Å²) < 4.78 is 0. The predicted molar refractivity (Wildman–Crippen MR) is 85.6 cm³/mol. The van der Waals surface area contributed by atoms with Gasteiger partial charge in [0.2, 0.25) is 0 Å². The van der Waals surface area contributed by atoms with Gasteiger partial charge >= 0.3 is 0 Å². The number of carbonyl (C=O) groups is 1. The molecule has 3 heteroatoms. The predicted octanol–water partition coefficient (Wildman–Crippen LogP) is 3.28. The van der Waals surface area contributed by atoms with Gasteiger partial charge in [-0.2, -0.15) is 0 Å². The third-order valence-corrected chi connectivity index (χ3v) is 4.68. The molecular weight excluding hydrogens is 262 g/mol. The topological polar surface area (TPSA) is 49.3 Å². The Morgan fingerprint density at radius 1 is 1.33 bits per heavy atom. The first kappa shape index (κ1) is 16.0. The Balaban J connectivity index is 2.24. The molecule has 1 amide bonds. The minimum absolute atomic E-state index is 0.0209. The molecule has 2 unspecified atom stereocenters. The van der Waals surface area contributed by atoms with E-state index in [9.17, 15) is 9.90 Å². The van der Waals surface area contributed by atoms with E-state index in [2.05, 4.69) is 12.2 Å². The highest BCUT2D eigenvalue weighted by Crippen LogP contribution is 2.32. The number of hydrogen-bond donors (Lipinski definition) is 2. The number of rotatable bonds is 3. The van der Waals surface area contributed by atoms with E-state index in [0.29, 0.717) is 5.92 Å². The van der Waals surface area contributed by atoms with Crippen molar-refractivity contribution in [2.45, 2.75) is 58.9 Å². The van der Waals surface area contributed by atoms with Gasteiger partial charge in [-0.1, -0.05) is 37.5 Å². The third-order valence-electron chi connectivity index (χ3n) is 4.68. The lowest BCUT2D eigenvalue weighted by Gasteiger charge is -2.39. The van der Waals surface area contributed by atoms with Crippen LogP contribution in [-0.4, -0.2) is 23.2 Å². The van der Waals surface area contributed by atoms with Crippen LogP contribution >= 0.6 is 0 Å². The van der Waals surface area contributed by atoms with Crippen LogP contribution in [0.5, 0.6) is 0 Å². The summed E-state index contributed by atoms with van der Waals surface area (Å²) in [6.45, 7) is 8.21. The van der Waals surface area contributed by atoms with Gasteiger partial charge in [-0.15, -0.1) is 0 Å². The zero-order chi connectivity index (χ0) is 15.6. The number of aliphatic hydroxyl groups is 1. The summed E-state index contributed by atoms with van der Waals surface area (Å²) in [5.74, 6) is 0.500. The van der Waals surface area contributed by atoms with Crippen LogP contribution < -0.4 is 5.32 Å². The highest BCUT2D eigenvalue weighted by molar-refractivity contribution is 5.97. The van der Waals surface area contributed by atoms with Crippen LogP contribution in [0.3, 0.4) is 0 Å². The van der Waals surface area contributed by atoms with Crippen LogP contribution in [0.15, 0.2) is 12.1 Å². The van der Waals surface area contributed by atoms with E-state index in [1.54, 1.807) is 0 Å². The van der Waals surface area contributed by atoms with Gasteiger partial charge in [0, 0.05) is 5.56 Å². The lowest BCUT2D eigenvalue weighted by molar-refractivity contribution is 0.0696. The number of amides is 1. The second kappa shape index (κ2) is 6.18. The summed E-state index contributed by atoms with van der Waals surface area (Å²) in [5.41, 5.74) is 3.48. The second-order valence-corrected chi connectivity index (χ2v) is 6.87. The molecular formula is C18H27NO2. The Morgan fingerprint density at radius 2 is 1.95 bits per heavy atom. The summed E-state index contributed by atoms with van der Waals surface area (Å²) in [6.07, 6.45) is 3.97. The molecule has 116 valence electrons. The van der Waals surface area contributed by atoms with Crippen molar-refractivity contribution < 1.29 is 9.90 Å². The summed E-state index contributed by atoms with van der Waals surface area (Å²) in [6, 6.07) is 4.08. The van der Waals surface area contributed by atoms with Crippen molar-refractivity contribution in [2.24, 2.45) is 5.92 Å². The largest absolute Gasteiger partial charge is 0.394 e. The Kier molecular flexibility index (Phi) is 4.72. The molecule has 3 nitrogen and oxygen atoms in total.